The minimum Gasteiger partial charge on any atom is -0.472 e. The molecule has 6 nitrogen and oxygen atoms in total. The number of amides is 2. The van der Waals surface area contributed by atoms with Crippen LogP contribution >= 0.6 is 0 Å². The number of carbonyl (C=O) groups is 2. The maximum atomic E-state index is 12.8. The number of likely N-dealkylation sites (tertiary alicyclic amines) is 1. The number of halogens is 3. The molecule has 0 saturated carbocycles. The largest absolute Gasteiger partial charge is 0.472 e. The summed E-state index contributed by atoms with van der Waals surface area (Å²) in [4.78, 5) is 29.5. The molecular formula is C19H18F3N3O3. The van der Waals surface area contributed by atoms with E-state index < -0.39 is 17.8 Å². The quantitative estimate of drug-likeness (QED) is 0.848. The van der Waals surface area contributed by atoms with Crippen LogP contribution in [0.5, 0.6) is 5.88 Å². The average Bonchev–Trinajstić information content (AvgIpc) is 3.14. The molecule has 0 radical (unpaired) electrons. The molecule has 1 fully saturated rings. The Labute approximate surface area is 159 Å². The SMILES string of the molecule is O=C(NCC(=O)N1CC[C@H](Oc2cc(C(F)(F)F)ccn2)C1)c1ccccc1. The van der Waals surface area contributed by atoms with Crippen molar-refractivity contribution < 1.29 is 27.5 Å². The second-order valence-corrected chi connectivity index (χ2v) is 6.30. The van der Waals surface area contributed by atoms with Crippen LogP contribution in [0.1, 0.15) is 22.3 Å². The summed E-state index contributed by atoms with van der Waals surface area (Å²) in [5, 5.41) is 2.56. The molecule has 1 atom stereocenters. The summed E-state index contributed by atoms with van der Waals surface area (Å²) in [6.45, 7) is 0.448. The van der Waals surface area contributed by atoms with Crippen LogP contribution in [0, 0.1) is 0 Å². The molecule has 0 bridgehead atoms. The first-order valence-electron chi connectivity index (χ1n) is 8.64. The van der Waals surface area contributed by atoms with E-state index >= 15 is 0 Å². The molecule has 9 heteroatoms. The molecule has 0 spiro atoms. The van der Waals surface area contributed by atoms with Gasteiger partial charge >= 0.3 is 6.18 Å². The highest BCUT2D eigenvalue weighted by atomic mass is 19.4. The van der Waals surface area contributed by atoms with Crippen molar-refractivity contribution in [3.05, 3.63) is 59.8 Å². The van der Waals surface area contributed by atoms with Crippen molar-refractivity contribution in [1.29, 1.82) is 0 Å². The van der Waals surface area contributed by atoms with E-state index in [1.165, 1.54) is 4.90 Å². The zero-order valence-electron chi connectivity index (χ0n) is 14.8. The van der Waals surface area contributed by atoms with Crippen molar-refractivity contribution in [3.63, 3.8) is 0 Å². The molecule has 2 amide bonds. The fraction of sp³-hybridized carbons (Fsp3) is 0.316. The van der Waals surface area contributed by atoms with Gasteiger partial charge < -0.3 is 15.0 Å². The lowest BCUT2D eigenvalue weighted by atomic mass is 10.2. The van der Waals surface area contributed by atoms with Gasteiger partial charge in [0.1, 0.15) is 6.10 Å². The van der Waals surface area contributed by atoms with E-state index in [0.717, 1.165) is 18.3 Å². The Kier molecular flexibility index (Phi) is 5.81. The second-order valence-electron chi connectivity index (χ2n) is 6.30. The van der Waals surface area contributed by atoms with E-state index in [1.807, 2.05) is 0 Å². The number of ether oxygens (including phenoxy) is 1. The van der Waals surface area contributed by atoms with Gasteiger partial charge in [-0.05, 0) is 18.2 Å². The molecule has 1 aliphatic rings. The maximum absolute atomic E-state index is 12.8. The fourth-order valence-electron chi connectivity index (χ4n) is 2.83. The first-order chi connectivity index (χ1) is 13.3. The van der Waals surface area contributed by atoms with Crippen LogP contribution in [-0.4, -0.2) is 47.4 Å². The Balaban J connectivity index is 1.50. The number of pyridine rings is 1. The molecule has 28 heavy (non-hydrogen) atoms. The Bertz CT molecular complexity index is 843. The lowest BCUT2D eigenvalue weighted by molar-refractivity contribution is -0.137. The molecule has 1 aromatic carbocycles. The molecule has 0 unspecified atom stereocenters. The van der Waals surface area contributed by atoms with E-state index in [-0.39, 0.29) is 30.8 Å². The Morgan fingerprint density at radius 2 is 1.96 bits per heavy atom. The van der Waals surface area contributed by atoms with Crippen molar-refractivity contribution in [2.45, 2.75) is 18.7 Å². The zero-order chi connectivity index (χ0) is 20.1. The van der Waals surface area contributed by atoms with Crippen molar-refractivity contribution >= 4 is 11.8 Å². The minimum absolute atomic E-state index is 0.133. The third kappa shape index (κ3) is 4.99. The van der Waals surface area contributed by atoms with Gasteiger partial charge in [-0.25, -0.2) is 4.98 Å². The van der Waals surface area contributed by atoms with E-state index in [2.05, 4.69) is 10.3 Å². The van der Waals surface area contributed by atoms with Crippen LogP contribution in [-0.2, 0) is 11.0 Å². The number of nitrogens with one attached hydrogen (secondary N) is 1. The Morgan fingerprint density at radius 3 is 2.68 bits per heavy atom. The van der Waals surface area contributed by atoms with Gasteiger partial charge in [-0.2, -0.15) is 13.2 Å². The summed E-state index contributed by atoms with van der Waals surface area (Å²) in [5.74, 6) is -0.770. The van der Waals surface area contributed by atoms with Crippen LogP contribution < -0.4 is 10.1 Å². The second kappa shape index (κ2) is 8.28. The Hall–Kier alpha value is -3.10. The first-order valence-corrected chi connectivity index (χ1v) is 8.64. The van der Waals surface area contributed by atoms with E-state index in [0.29, 0.717) is 18.5 Å². The van der Waals surface area contributed by atoms with E-state index in [9.17, 15) is 22.8 Å². The summed E-state index contributed by atoms with van der Waals surface area (Å²) >= 11 is 0. The van der Waals surface area contributed by atoms with Crippen LogP contribution in [0.4, 0.5) is 13.2 Å². The highest BCUT2D eigenvalue weighted by Gasteiger charge is 2.32. The van der Waals surface area contributed by atoms with Gasteiger partial charge in [-0.1, -0.05) is 18.2 Å². The summed E-state index contributed by atoms with van der Waals surface area (Å²) in [6, 6.07) is 10.2. The van der Waals surface area contributed by atoms with Gasteiger partial charge in [0, 0.05) is 30.8 Å². The van der Waals surface area contributed by atoms with Gasteiger partial charge in [0.2, 0.25) is 11.8 Å². The molecule has 1 N–H and O–H groups in total. The fourth-order valence-corrected chi connectivity index (χ4v) is 2.83. The molecule has 2 aromatic rings. The monoisotopic (exact) mass is 393 g/mol. The topological polar surface area (TPSA) is 71.5 Å². The summed E-state index contributed by atoms with van der Waals surface area (Å²) in [5.41, 5.74) is -0.388. The first kappa shape index (κ1) is 19.7. The molecule has 1 aromatic heterocycles. The van der Waals surface area contributed by atoms with Crippen molar-refractivity contribution in [3.8, 4) is 5.88 Å². The lowest BCUT2D eigenvalue weighted by Crippen LogP contribution is -2.39. The standard InChI is InChI=1S/C19H18F3N3O3/c20-19(21,22)14-6-8-23-16(10-14)28-15-7-9-25(12-15)17(26)11-24-18(27)13-4-2-1-3-5-13/h1-6,8,10,15H,7,9,11-12H2,(H,24,27)/t15-/m0/s1. The number of alkyl halides is 3. The van der Waals surface area contributed by atoms with Gasteiger partial charge in [0.25, 0.3) is 5.91 Å². The zero-order valence-corrected chi connectivity index (χ0v) is 14.8. The third-order valence-corrected chi connectivity index (χ3v) is 4.28. The number of aromatic nitrogens is 1. The predicted octanol–water partition coefficient (Wildman–Crippen LogP) is 2.51. The van der Waals surface area contributed by atoms with Crippen molar-refractivity contribution in [2.24, 2.45) is 0 Å². The Morgan fingerprint density at radius 1 is 1.21 bits per heavy atom. The maximum Gasteiger partial charge on any atom is 0.416 e. The van der Waals surface area contributed by atoms with Gasteiger partial charge in [0.15, 0.2) is 0 Å². The van der Waals surface area contributed by atoms with E-state index in [1.54, 1.807) is 30.3 Å². The molecule has 148 valence electrons. The van der Waals surface area contributed by atoms with Gasteiger partial charge in [-0.3, -0.25) is 9.59 Å². The number of hydrogen-bond acceptors (Lipinski definition) is 4. The summed E-state index contributed by atoms with van der Waals surface area (Å²) < 4.78 is 43.7. The van der Waals surface area contributed by atoms with Crippen LogP contribution in [0.15, 0.2) is 48.7 Å². The normalized spacial score (nSPS) is 16.7. The smallest absolute Gasteiger partial charge is 0.416 e. The van der Waals surface area contributed by atoms with Crippen LogP contribution in [0.2, 0.25) is 0 Å². The van der Waals surface area contributed by atoms with Gasteiger partial charge in [-0.15, -0.1) is 0 Å². The van der Waals surface area contributed by atoms with Crippen molar-refractivity contribution in [2.75, 3.05) is 19.6 Å². The number of nitrogens with zero attached hydrogens (tertiary/aromatic N) is 2. The van der Waals surface area contributed by atoms with Crippen molar-refractivity contribution in [1.82, 2.24) is 15.2 Å². The van der Waals surface area contributed by atoms with Gasteiger partial charge in [0.05, 0.1) is 18.7 Å². The molecule has 1 aliphatic heterocycles. The highest BCUT2D eigenvalue weighted by Crippen LogP contribution is 2.31. The molecule has 2 heterocycles. The average molecular weight is 393 g/mol. The predicted molar refractivity (Wildman–Crippen MR) is 93.6 cm³/mol. The molecule has 1 saturated heterocycles. The molecular weight excluding hydrogens is 375 g/mol. The summed E-state index contributed by atoms with van der Waals surface area (Å²) in [6.07, 6.45) is -3.43. The lowest BCUT2D eigenvalue weighted by Gasteiger charge is -2.17. The minimum atomic E-state index is -4.48. The molecule has 3 rings (SSSR count). The summed E-state index contributed by atoms with van der Waals surface area (Å²) in [7, 11) is 0. The number of rotatable bonds is 5. The third-order valence-electron chi connectivity index (χ3n) is 4.28. The number of hydrogen-bond donors (Lipinski definition) is 1. The number of benzene rings is 1. The highest BCUT2D eigenvalue weighted by molar-refractivity contribution is 5.96. The van der Waals surface area contributed by atoms with E-state index in [4.69, 9.17) is 4.74 Å². The number of carbonyl (C=O) groups excluding carboxylic acids is 2. The van der Waals surface area contributed by atoms with Crippen LogP contribution in [0.3, 0.4) is 0 Å². The van der Waals surface area contributed by atoms with Crippen LogP contribution in [0.25, 0.3) is 0 Å². The molecule has 0 aliphatic carbocycles.